The molecule has 0 aliphatic rings. The summed E-state index contributed by atoms with van der Waals surface area (Å²) in [6.45, 7) is 0.126. The van der Waals surface area contributed by atoms with Crippen molar-refractivity contribution >= 4 is 33.0 Å². The van der Waals surface area contributed by atoms with Gasteiger partial charge in [0.25, 0.3) is 5.91 Å². The fourth-order valence-corrected chi connectivity index (χ4v) is 5.50. The van der Waals surface area contributed by atoms with Crippen molar-refractivity contribution in [1.82, 2.24) is 4.72 Å². The van der Waals surface area contributed by atoms with Gasteiger partial charge >= 0.3 is 0 Å². The zero-order valence-electron chi connectivity index (χ0n) is 17.8. The molecule has 0 spiro atoms. The van der Waals surface area contributed by atoms with Gasteiger partial charge in [0.2, 0.25) is 10.0 Å². The van der Waals surface area contributed by atoms with E-state index in [9.17, 15) is 13.2 Å². The summed E-state index contributed by atoms with van der Waals surface area (Å²) >= 11 is 1.23. The van der Waals surface area contributed by atoms with Crippen LogP contribution in [0.25, 0.3) is 10.4 Å². The number of hydrogen-bond acceptors (Lipinski definition) is 5. The number of sulfonamides is 1. The monoisotopic (exact) mass is 478 g/mol. The van der Waals surface area contributed by atoms with Gasteiger partial charge in [0.05, 0.1) is 7.11 Å². The molecule has 0 radical (unpaired) electrons. The second-order valence-corrected chi connectivity index (χ2v) is 10.3. The van der Waals surface area contributed by atoms with Gasteiger partial charge in [0, 0.05) is 22.7 Å². The van der Waals surface area contributed by atoms with Crippen LogP contribution in [0.3, 0.4) is 0 Å². The first-order valence-electron chi connectivity index (χ1n) is 10.1. The molecule has 0 saturated carbocycles. The van der Waals surface area contributed by atoms with Crippen molar-refractivity contribution < 1.29 is 17.9 Å². The molecule has 4 aromatic rings. The molecular formula is C25H22N2O4S2. The molecule has 0 aliphatic heterocycles. The summed E-state index contributed by atoms with van der Waals surface area (Å²) in [5, 5.41) is 2.82. The number of carbonyl (C=O) groups is 1. The minimum atomic E-state index is -3.64. The Balaban J connectivity index is 1.36. The van der Waals surface area contributed by atoms with E-state index in [4.69, 9.17) is 4.74 Å². The number of methoxy groups -OCH3 is 1. The van der Waals surface area contributed by atoms with Crippen molar-refractivity contribution in [2.75, 3.05) is 12.4 Å². The topological polar surface area (TPSA) is 84.5 Å². The normalized spacial score (nSPS) is 11.2. The molecule has 0 bridgehead atoms. The van der Waals surface area contributed by atoms with Crippen LogP contribution in [0, 0.1) is 0 Å². The fourth-order valence-electron chi connectivity index (χ4n) is 3.12. The maximum Gasteiger partial charge on any atom is 0.255 e. The van der Waals surface area contributed by atoms with E-state index in [-0.39, 0.29) is 16.7 Å². The largest absolute Gasteiger partial charge is 0.497 e. The predicted molar refractivity (Wildman–Crippen MR) is 131 cm³/mol. The molecule has 0 atom stereocenters. The lowest BCUT2D eigenvalue weighted by atomic mass is 10.1. The van der Waals surface area contributed by atoms with Gasteiger partial charge in [-0.1, -0.05) is 42.5 Å². The number of benzene rings is 3. The Bertz CT molecular complexity index is 1330. The Morgan fingerprint density at radius 3 is 2.24 bits per heavy atom. The highest BCUT2D eigenvalue weighted by Crippen LogP contribution is 2.30. The summed E-state index contributed by atoms with van der Waals surface area (Å²) in [4.78, 5) is 13.3. The maximum atomic E-state index is 12.7. The highest BCUT2D eigenvalue weighted by Gasteiger charge is 2.17. The van der Waals surface area contributed by atoms with Crippen molar-refractivity contribution in [3.05, 3.63) is 102 Å². The van der Waals surface area contributed by atoms with E-state index >= 15 is 0 Å². The molecule has 2 N–H and O–H groups in total. The molecule has 1 aromatic heterocycles. The third-order valence-corrected chi connectivity index (χ3v) is 7.96. The van der Waals surface area contributed by atoms with Gasteiger partial charge < -0.3 is 10.1 Å². The van der Waals surface area contributed by atoms with Gasteiger partial charge in [0.15, 0.2) is 0 Å². The van der Waals surface area contributed by atoms with Crippen LogP contribution in [-0.2, 0) is 16.6 Å². The summed E-state index contributed by atoms with van der Waals surface area (Å²) in [7, 11) is -2.06. The lowest BCUT2D eigenvalue weighted by Gasteiger charge is -2.08. The summed E-state index contributed by atoms with van der Waals surface area (Å²) in [6.07, 6.45) is 0. The second kappa shape index (κ2) is 9.99. The Kier molecular flexibility index (Phi) is 6.88. The van der Waals surface area contributed by atoms with Gasteiger partial charge in [-0.15, -0.1) is 11.3 Å². The van der Waals surface area contributed by atoms with E-state index in [0.717, 1.165) is 16.0 Å². The first-order valence-corrected chi connectivity index (χ1v) is 12.4. The lowest BCUT2D eigenvalue weighted by Crippen LogP contribution is -2.22. The highest BCUT2D eigenvalue weighted by atomic mass is 32.2. The van der Waals surface area contributed by atoms with Crippen LogP contribution in [0.5, 0.6) is 5.75 Å². The molecule has 168 valence electrons. The average Bonchev–Trinajstić information content (AvgIpc) is 3.36. The van der Waals surface area contributed by atoms with Gasteiger partial charge in [0.1, 0.15) is 9.96 Å². The quantitative estimate of drug-likeness (QED) is 0.367. The number of amides is 1. The Labute approximate surface area is 196 Å². The molecule has 0 unspecified atom stereocenters. The summed E-state index contributed by atoms with van der Waals surface area (Å²) in [5.41, 5.74) is 2.86. The number of thiophene rings is 1. The molecule has 0 saturated heterocycles. The van der Waals surface area contributed by atoms with Crippen molar-refractivity contribution in [2.45, 2.75) is 10.8 Å². The molecule has 0 aliphatic carbocycles. The predicted octanol–water partition coefficient (Wildman–Crippen LogP) is 5.15. The standard InChI is InChI=1S/C25H22N2O4S2/c1-31-22-13-11-21(12-14-22)27-25(28)20-9-7-18(8-10-20)17-26-33(29,30)24-16-15-23(32-24)19-5-3-2-4-6-19/h2-16,26H,17H2,1H3,(H,27,28). The van der Waals surface area contributed by atoms with Crippen LogP contribution >= 0.6 is 11.3 Å². The van der Waals surface area contributed by atoms with Crippen LogP contribution < -0.4 is 14.8 Å². The van der Waals surface area contributed by atoms with E-state index in [1.807, 2.05) is 36.4 Å². The zero-order chi connectivity index (χ0) is 23.3. The molecular weight excluding hydrogens is 456 g/mol. The van der Waals surface area contributed by atoms with Gasteiger partial charge in [-0.3, -0.25) is 4.79 Å². The molecule has 4 rings (SSSR count). The Hall–Kier alpha value is -3.46. The number of rotatable bonds is 8. The fraction of sp³-hybridized carbons (Fsp3) is 0.0800. The summed E-state index contributed by atoms with van der Waals surface area (Å²) in [6, 6.07) is 26.9. The van der Waals surface area contributed by atoms with Crippen LogP contribution in [0.1, 0.15) is 15.9 Å². The van der Waals surface area contributed by atoms with Gasteiger partial charge in [-0.05, 0) is 59.7 Å². The molecule has 1 heterocycles. The number of nitrogens with one attached hydrogen (secondary N) is 2. The summed E-state index contributed by atoms with van der Waals surface area (Å²) < 4.78 is 33.4. The lowest BCUT2D eigenvalue weighted by molar-refractivity contribution is 0.102. The summed E-state index contributed by atoms with van der Waals surface area (Å²) in [5.74, 6) is 0.456. The first kappa shape index (κ1) is 22.7. The van der Waals surface area contributed by atoms with E-state index in [1.165, 1.54) is 11.3 Å². The molecule has 6 nitrogen and oxygen atoms in total. The smallest absolute Gasteiger partial charge is 0.255 e. The van der Waals surface area contributed by atoms with E-state index in [1.54, 1.807) is 61.7 Å². The minimum absolute atomic E-state index is 0.126. The van der Waals surface area contributed by atoms with E-state index < -0.39 is 10.0 Å². The Morgan fingerprint density at radius 1 is 0.879 bits per heavy atom. The maximum absolute atomic E-state index is 12.7. The van der Waals surface area contributed by atoms with Crippen molar-refractivity contribution in [1.29, 1.82) is 0 Å². The van der Waals surface area contributed by atoms with Crippen molar-refractivity contribution in [3.63, 3.8) is 0 Å². The molecule has 8 heteroatoms. The van der Waals surface area contributed by atoms with Crippen molar-refractivity contribution in [2.24, 2.45) is 0 Å². The number of ether oxygens (including phenoxy) is 1. The molecule has 33 heavy (non-hydrogen) atoms. The molecule has 0 fully saturated rings. The third-order valence-electron chi connectivity index (χ3n) is 4.93. The van der Waals surface area contributed by atoms with Crippen molar-refractivity contribution in [3.8, 4) is 16.2 Å². The number of hydrogen-bond donors (Lipinski definition) is 2. The zero-order valence-corrected chi connectivity index (χ0v) is 19.4. The first-order chi connectivity index (χ1) is 15.9. The Morgan fingerprint density at radius 2 is 1.58 bits per heavy atom. The SMILES string of the molecule is COc1ccc(NC(=O)c2ccc(CNS(=O)(=O)c3ccc(-c4ccccc4)s3)cc2)cc1. The third kappa shape index (κ3) is 5.67. The van der Waals surface area contributed by atoms with Crippen LogP contribution in [-0.4, -0.2) is 21.4 Å². The van der Waals surface area contributed by atoms with Crippen LogP contribution in [0.2, 0.25) is 0 Å². The van der Waals surface area contributed by atoms with Crippen LogP contribution in [0.4, 0.5) is 5.69 Å². The van der Waals surface area contributed by atoms with Crippen LogP contribution in [0.15, 0.2) is 95.2 Å². The van der Waals surface area contributed by atoms with Gasteiger partial charge in [-0.2, -0.15) is 0 Å². The van der Waals surface area contributed by atoms with E-state index in [0.29, 0.717) is 17.0 Å². The molecule has 3 aromatic carbocycles. The highest BCUT2D eigenvalue weighted by molar-refractivity contribution is 7.91. The average molecular weight is 479 g/mol. The number of anilines is 1. The minimum Gasteiger partial charge on any atom is -0.497 e. The van der Waals surface area contributed by atoms with E-state index in [2.05, 4.69) is 10.0 Å². The second-order valence-electron chi connectivity index (χ2n) is 7.19. The van der Waals surface area contributed by atoms with Gasteiger partial charge in [-0.25, -0.2) is 13.1 Å². The number of carbonyl (C=O) groups excluding carboxylic acids is 1. The molecule has 1 amide bonds.